The third-order valence-corrected chi connectivity index (χ3v) is 9.73. The molecule has 0 saturated heterocycles. The lowest BCUT2D eigenvalue weighted by atomic mass is 10.1. The van der Waals surface area contributed by atoms with Crippen molar-refractivity contribution in [2.24, 2.45) is 5.73 Å². The first-order valence-electron chi connectivity index (χ1n) is 20.8. The highest BCUT2D eigenvalue weighted by atomic mass is 31.2. The van der Waals surface area contributed by atoms with Crippen LogP contribution in [0.4, 0.5) is 0 Å². The summed E-state index contributed by atoms with van der Waals surface area (Å²) in [6, 6.07) is 0. The summed E-state index contributed by atoms with van der Waals surface area (Å²) in [4.78, 5) is 27.0. The van der Waals surface area contributed by atoms with Gasteiger partial charge >= 0.3 is 13.8 Å². The first-order valence-corrected chi connectivity index (χ1v) is 22.3. The van der Waals surface area contributed by atoms with Crippen LogP contribution in [0.2, 0.25) is 0 Å². The lowest BCUT2D eigenvalue weighted by Gasteiger charge is -2.20. The van der Waals surface area contributed by atoms with Gasteiger partial charge in [-0.1, -0.05) is 147 Å². The lowest BCUT2D eigenvalue weighted by molar-refractivity contribution is -0.267. The Bertz CT molecular complexity index is 915. The van der Waals surface area contributed by atoms with E-state index in [9.17, 15) is 14.3 Å². The van der Waals surface area contributed by atoms with Gasteiger partial charge in [-0.2, -0.15) is 0 Å². The van der Waals surface area contributed by atoms with Crippen molar-refractivity contribution >= 4 is 13.8 Å². The molecule has 0 aromatic heterocycles. The van der Waals surface area contributed by atoms with E-state index in [-0.39, 0.29) is 44.9 Å². The molecule has 0 radical (unpaired) electrons. The van der Waals surface area contributed by atoms with E-state index in [1.165, 1.54) is 70.6 Å². The van der Waals surface area contributed by atoms with Crippen LogP contribution in [0.3, 0.4) is 0 Å². The lowest BCUT2D eigenvalue weighted by Crippen LogP contribution is -2.28. The second kappa shape index (κ2) is 39.3. The molecule has 0 rings (SSSR count). The molecule has 0 aromatic carbocycles. The molecular weight excluding hydrogens is 681 g/mol. The van der Waals surface area contributed by atoms with Crippen LogP contribution in [0.25, 0.3) is 0 Å². The van der Waals surface area contributed by atoms with Crippen molar-refractivity contribution in [2.45, 2.75) is 187 Å². The van der Waals surface area contributed by atoms with Crippen molar-refractivity contribution in [3.63, 3.8) is 0 Å². The quantitative estimate of drug-likeness (QED) is 0.0105. The van der Waals surface area contributed by atoms with E-state index < -0.39 is 13.9 Å². The molecular formula is C41H78NO9P. The molecule has 0 aliphatic heterocycles. The minimum atomic E-state index is -4.30. The molecule has 0 spiro atoms. The first-order chi connectivity index (χ1) is 25.4. The molecule has 11 heteroatoms. The molecule has 52 heavy (non-hydrogen) atoms. The van der Waals surface area contributed by atoms with Crippen LogP contribution < -0.4 is 5.73 Å². The third-order valence-electron chi connectivity index (χ3n) is 8.75. The summed E-state index contributed by atoms with van der Waals surface area (Å²) in [5.41, 5.74) is 5.36. The van der Waals surface area contributed by atoms with Crippen molar-refractivity contribution in [1.82, 2.24) is 0 Å². The number of rotatable bonds is 40. The van der Waals surface area contributed by atoms with Gasteiger partial charge in [0.25, 0.3) is 0 Å². The molecule has 3 atom stereocenters. The Morgan fingerprint density at radius 3 is 1.85 bits per heavy atom. The monoisotopic (exact) mass is 760 g/mol. The zero-order chi connectivity index (χ0) is 38.2. The zero-order valence-electron chi connectivity index (χ0n) is 33.1. The van der Waals surface area contributed by atoms with Gasteiger partial charge in [0.1, 0.15) is 12.2 Å². The second-order valence-electron chi connectivity index (χ2n) is 13.8. The van der Waals surface area contributed by atoms with E-state index in [0.717, 1.165) is 77.0 Å². The number of esters is 1. The second-order valence-corrected chi connectivity index (χ2v) is 15.2. The molecule has 0 aliphatic rings. The number of phosphoric acid groups is 1. The van der Waals surface area contributed by atoms with E-state index in [1.807, 2.05) is 18.2 Å². The van der Waals surface area contributed by atoms with Crippen molar-refractivity contribution in [1.29, 1.82) is 0 Å². The molecule has 0 fully saturated rings. The van der Waals surface area contributed by atoms with Crippen molar-refractivity contribution in [3.8, 4) is 0 Å². The number of nitrogens with two attached hydrogens (primary N) is 1. The molecule has 0 amide bonds. The van der Waals surface area contributed by atoms with Gasteiger partial charge in [-0.15, -0.1) is 0 Å². The smallest absolute Gasteiger partial charge is 0.457 e. The number of allylic oxidation sites excluding steroid dienone is 5. The molecule has 0 aromatic rings. The number of ether oxygens (including phenoxy) is 2. The predicted octanol–water partition coefficient (Wildman–Crippen LogP) is 11.3. The highest BCUT2D eigenvalue weighted by Crippen LogP contribution is 2.43. The van der Waals surface area contributed by atoms with Gasteiger partial charge in [0, 0.05) is 19.6 Å². The summed E-state index contributed by atoms with van der Waals surface area (Å²) in [6.07, 6.45) is 39.0. The van der Waals surface area contributed by atoms with Gasteiger partial charge in [-0.3, -0.25) is 19.1 Å². The molecule has 0 bridgehead atoms. The highest BCUT2D eigenvalue weighted by molar-refractivity contribution is 7.47. The topological polar surface area (TPSA) is 147 Å². The summed E-state index contributed by atoms with van der Waals surface area (Å²) in [5.74, 6) is -0.375. The Morgan fingerprint density at radius 1 is 0.673 bits per heavy atom. The Balaban J connectivity index is 4.17. The largest absolute Gasteiger partial charge is 0.472 e. The Morgan fingerprint density at radius 2 is 1.23 bits per heavy atom. The van der Waals surface area contributed by atoms with E-state index in [1.54, 1.807) is 0 Å². The normalized spacial score (nSPS) is 14.5. The van der Waals surface area contributed by atoms with Crippen molar-refractivity contribution in [3.05, 3.63) is 36.5 Å². The van der Waals surface area contributed by atoms with Crippen LogP contribution >= 0.6 is 7.82 Å². The van der Waals surface area contributed by atoms with Crippen LogP contribution in [0.5, 0.6) is 0 Å². The number of carbonyl (C=O) groups is 1. The summed E-state index contributed by atoms with van der Waals surface area (Å²) < 4.78 is 33.3. The molecule has 3 unspecified atom stereocenters. The van der Waals surface area contributed by atoms with Crippen LogP contribution in [0.15, 0.2) is 36.5 Å². The van der Waals surface area contributed by atoms with Gasteiger partial charge in [-0.25, -0.2) is 9.45 Å². The van der Waals surface area contributed by atoms with Crippen LogP contribution in [0.1, 0.15) is 174 Å². The maximum atomic E-state index is 12.6. The van der Waals surface area contributed by atoms with E-state index >= 15 is 0 Å². The Hall–Kier alpha value is -1.36. The average molecular weight is 760 g/mol. The fourth-order valence-electron chi connectivity index (χ4n) is 5.61. The van der Waals surface area contributed by atoms with E-state index in [0.29, 0.717) is 13.0 Å². The van der Waals surface area contributed by atoms with Gasteiger partial charge in [0.15, 0.2) is 0 Å². The fraction of sp³-hybridized carbons (Fsp3) is 0.829. The van der Waals surface area contributed by atoms with Crippen LogP contribution in [0, 0.1) is 0 Å². The SMILES string of the molecule is CCCCCCCC/C=C\CCCCCCCCOCC(COP(=O)(O)OCCN)OC(=O)CCCCCCC/C=C\C=C\C(CCCCC)OO. The predicted molar refractivity (Wildman–Crippen MR) is 213 cm³/mol. The van der Waals surface area contributed by atoms with Gasteiger partial charge < -0.3 is 20.1 Å². The van der Waals surface area contributed by atoms with E-state index in [2.05, 4.69) is 37.0 Å². The third kappa shape index (κ3) is 37.0. The molecule has 306 valence electrons. The van der Waals surface area contributed by atoms with Crippen molar-refractivity contribution in [2.75, 3.05) is 33.0 Å². The van der Waals surface area contributed by atoms with Crippen LogP contribution in [-0.2, 0) is 32.8 Å². The van der Waals surface area contributed by atoms with Crippen LogP contribution in [-0.4, -0.2) is 61.3 Å². The first kappa shape index (κ1) is 50.6. The summed E-state index contributed by atoms with van der Waals surface area (Å²) in [6.45, 7) is 4.69. The molecule has 0 heterocycles. The number of phosphoric ester groups is 1. The Kier molecular flexibility index (Phi) is 38.3. The zero-order valence-corrected chi connectivity index (χ0v) is 34.0. The minimum absolute atomic E-state index is 0.0841. The number of carbonyl (C=O) groups excluding carboxylic acids is 1. The number of hydrogen-bond acceptors (Lipinski definition) is 9. The van der Waals surface area contributed by atoms with E-state index in [4.69, 9.17) is 29.5 Å². The van der Waals surface area contributed by atoms with Gasteiger partial charge in [-0.05, 0) is 57.8 Å². The summed E-state index contributed by atoms with van der Waals surface area (Å²) >= 11 is 0. The summed E-state index contributed by atoms with van der Waals surface area (Å²) in [5, 5.41) is 9.01. The molecule has 0 saturated carbocycles. The Labute approximate surface area is 317 Å². The summed E-state index contributed by atoms with van der Waals surface area (Å²) in [7, 11) is -4.30. The number of unbranched alkanes of at least 4 members (excludes halogenated alkanes) is 19. The van der Waals surface area contributed by atoms with Crippen molar-refractivity contribution < 1.29 is 42.9 Å². The average Bonchev–Trinajstić information content (AvgIpc) is 3.13. The number of hydrogen-bond donors (Lipinski definition) is 3. The van der Waals surface area contributed by atoms with Gasteiger partial charge in [0.2, 0.25) is 0 Å². The molecule has 10 nitrogen and oxygen atoms in total. The highest BCUT2D eigenvalue weighted by Gasteiger charge is 2.25. The molecule has 4 N–H and O–H groups in total. The fourth-order valence-corrected chi connectivity index (χ4v) is 6.38. The maximum absolute atomic E-state index is 12.6. The maximum Gasteiger partial charge on any atom is 0.472 e. The minimum Gasteiger partial charge on any atom is -0.457 e. The standard InChI is InChI=1S/C41H78NO9P/c1-3-5-7-8-9-10-11-12-13-14-15-16-20-23-26-30-35-47-37-40(38-49-52(45,46)48-36-34-42)50-41(43)33-29-25-22-19-17-18-21-24-28-32-39(51-44)31-27-6-4-2/h12-13,21,24,28,32,39-40,44H,3-11,14-20,22-23,25-27,29-31,33-38,42H2,1-2H3,(H,45,46)/b13-12-,24-21-,32-28+. The van der Waals surface area contributed by atoms with Gasteiger partial charge in [0.05, 0.1) is 19.8 Å². The molecule has 0 aliphatic carbocycles.